The van der Waals surface area contributed by atoms with Crippen LogP contribution in [0.1, 0.15) is 69.3 Å². The van der Waals surface area contributed by atoms with Crippen LogP contribution in [-0.4, -0.2) is 60.8 Å². The number of aliphatic hydroxyl groups excluding tert-OH is 1. The number of fused-ring (bicyclic) bond motifs is 2. The smallest absolute Gasteiger partial charge is 0.246 e. The van der Waals surface area contributed by atoms with Gasteiger partial charge in [0.05, 0.1) is 12.1 Å². The predicted molar refractivity (Wildman–Crippen MR) is 151 cm³/mol. The summed E-state index contributed by atoms with van der Waals surface area (Å²) in [7, 11) is 1.47. The highest BCUT2D eigenvalue weighted by Crippen LogP contribution is 2.51. The third-order valence-corrected chi connectivity index (χ3v) is 8.07. The summed E-state index contributed by atoms with van der Waals surface area (Å²) < 4.78 is 22.4. The largest absolute Gasteiger partial charge is 0.484 e. The highest BCUT2D eigenvalue weighted by molar-refractivity contribution is 6.31. The standard InChI is InChI=1S/C30H40ClN3O6/c1-29(2,3)13-19-12-20-22(14-30(8-5-9-30)40-27(20)28(31)33-19)32-15-23(35)21(34-26(36)16-37-4)10-18-6-7-24-25(11-18)39-17-38-24/h6-7,11-12,21-23,32,35H,5,8-10,13-17H2,1-4H3,(H,34,36)/t21-,22-,23-/m0/s1. The van der Waals surface area contributed by atoms with Crippen molar-refractivity contribution >= 4 is 17.5 Å². The molecule has 10 heteroatoms. The van der Waals surface area contributed by atoms with E-state index in [0.717, 1.165) is 48.9 Å². The van der Waals surface area contributed by atoms with Crippen LogP contribution in [0.3, 0.4) is 0 Å². The fourth-order valence-electron chi connectivity index (χ4n) is 5.76. The van der Waals surface area contributed by atoms with Crippen molar-refractivity contribution < 1.29 is 28.8 Å². The Kier molecular flexibility index (Phi) is 8.47. The molecule has 40 heavy (non-hydrogen) atoms. The number of carbonyl (C=O) groups is 1. The Morgan fingerprint density at radius 3 is 2.73 bits per heavy atom. The Balaban J connectivity index is 1.34. The van der Waals surface area contributed by atoms with Gasteiger partial charge in [0.25, 0.3) is 0 Å². The lowest BCUT2D eigenvalue weighted by molar-refractivity contribution is -0.126. The molecule has 1 aliphatic carbocycles. The average Bonchev–Trinajstić information content (AvgIpc) is 3.33. The second-order valence-corrected chi connectivity index (χ2v) is 12.8. The van der Waals surface area contributed by atoms with Gasteiger partial charge in [-0.1, -0.05) is 38.4 Å². The molecule has 3 atom stereocenters. The predicted octanol–water partition coefficient (Wildman–Crippen LogP) is 4.12. The topological polar surface area (TPSA) is 111 Å². The van der Waals surface area contributed by atoms with Crippen molar-refractivity contribution in [2.45, 2.75) is 83.1 Å². The number of methoxy groups -OCH3 is 1. The zero-order valence-corrected chi connectivity index (χ0v) is 24.5. The highest BCUT2D eigenvalue weighted by Gasteiger charge is 2.46. The van der Waals surface area contributed by atoms with Crippen LogP contribution in [0.25, 0.3) is 0 Å². The van der Waals surface area contributed by atoms with Crippen LogP contribution in [0, 0.1) is 5.41 Å². The van der Waals surface area contributed by atoms with Crippen LogP contribution in [0.4, 0.5) is 0 Å². The number of carbonyl (C=O) groups excluding carboxylic acids is 1. The van der Waals surface area contributed by atoms with Gasteiger partial charge in [0.15, 0.2) is 22.4 Å². The fourth-order valence-corrected chi connectivity index (χ4v) is 6.01. The van der Waals surface area contributed by atoms with E-state index in [-0.39, 0.29) is 42.9 Å². The number of benzene rings is 1. The number of hydrogen-bond donors (Lipinski definition) is 3. The normalized spacial score (nSPS) is 20.3. The minimum Gasteiger partial charge on any atom is -0.484 e. The Morgan fingerprint density at radius 1 is 1.25 bits per heavy atom. The summed E-state index contributed by atoms with van der Waals surface area (Å²) in [5, 5.41) is 18.3. The van der Waals surface area contributed by atoms with E-state index in [4.69, 9.17) is 30.5 Å². The third kappa shape index (κ3) is 6.65. The van der Waals surface area contributed by atoms with Gasteiger partial charge in [0.1, 0.15) is 12.2 Å². The lowest BCUT2D eigenvalue weighted by atomic mass is 9.73. The number of hydrogen-bond acceptors (Lipinski definition) is 8. The second kappa shape index (κ2) is 11.7. The van der Waals surface area contributed by atoms with Gasteiger partial charge in [0, 0.05) is 37.4 Å². The van der Waals surface area contributed by atoms with Gasteiger partial charge in [-0.15, -0.1) is 0 Å². The van der Waals surface area contributed by atoms with Crippen LogP contribution in [0.2, 0.25) is 5.15 Å². The summed E-state index contributed by atoms with van der Waals surface area (Å²) in [6, 6.07) is 7.12. The van der Waals surface area contributed by atoms with Gasteiger partial charge < -0.3 is 34.7 Å². The molecule has 1 saturated carbocycles. The first-order valence-corrected chi connectivity index (χ1v) is 14.4. The second-order valence-electron chi connectivity index (χ2n) is 12.4. The average molecular weight is 574 g/mol. The molecule has 2 aromatic rings. The molecule has 0 bridgehead atoms. The summed E-state index contributed by atoms with van der Waals surface area (Å²) in [4.78, 5) is 17.1. The van der Waals surface area contributed by atoms with Crippen molar-refractivity contribution in [1.29, 1.82) is 0 Å². The summed E-state index contributed by atoms with van der Waals surface area (Å²) in [6.45, 7) is 6.88. The maximum atomic E-state index is 12.5. The van der Waals surface area contributed by atoms with Crippen LogP contribution >= 0.6 is 11.6 Å². The minimum atomic E-state index is -0.874. The van der Waals surface area contributed by atoms with Crippen molar-refractivity contribution in [3.8, 4) is 17.2 Å². The summed E-state index contributed by atoms with van der Waals surface area (Å²) in [5.74, 6) is 1.70. The van der Waals surface area contributed by atoms with Crippen LogP contribution in [0.5, 0.6) is 17.2 Å². The monoisotopic (exact) mass is 573 g/mol. The zero-order valence-electron chi connectivity index (χ0n) is 23.7. The van der Waals surface area contributed by atoms with Crippen molar-refractivity contribution in [1.82, 2.24) is 15.6 Å². The first kappa shape index (κ1) is 28.9. The quantitative estimate of drug-likeness (QED) is 0.364. The Bertz CT molecular complexity index is 1230. The highest BCUT2D eigenvalue weighted by atomic mass is 35.5. The number of halogens is 1. The molecular weight excluding hydrogens is 534 g/mol. The molecule has 0 radical (unpaired) electrons. The molecule has 3 N–H and O–H groups in total. The summed E-state index contributed by atoms with van der Waals surface area (Å²) >= 11 is 6.69. The van der Waals surface area contributed by atoms with E-state index in [1.807, 2.05) is 18.2 Å². The van der Waals surface area contributed by atoms with Crippen molar-refractivity contribution in [2.24, 2.45) is 5.41 Å². The zero-order chi connectivity index (χ0) is 28.5. The van der Waals surface area contributed by atoms with Crippen LogP contribution < -0.4 is 24.8 Å². The number of nitrogens with zero attached hydrogens (tertiary/aromatic N) is 1. The molecule has 0 saturated heterocycles. The number of aromatic nitrogens is 1. The van der Waals surface area contributed by atoms with E-state index in [2.05, 4.69) is 42.5 Å². The van der Waals surface area contributed by atoms with Crippen molar-refractivity contribution in [3.63, 3.8) is 0 Å². The van der Waals surface area contributed by atoms with Gasteiger partial charge in [-0.05, 0) is 61.3 Å². The van der Waals surface area contributed by atoms with Crippen molar-refractivity contribution in [2.75, 3.05) is 27.1 Å². The van der Waals surface area contributed by atoms with Gasteiger partial charge in [-0.2, -0.15) is 0 Å². The van der Waals surface area contributed by atoms with E-state index in [0.29, 0.717) is 28.8 Å². The number of pyridine rings is 1. The molecule has 3 heterocycles. The SMILES string of the molecule is COCC(=O)N[C@@H](Cc1ccc2c(c1)OCO2)[C@@H](O)CN[C@H]1CC2(CCC2)Oc2c1cc(CC(C)(C)C)nc2Cl. The van der Waals surface area contributed by atoms with E-state index < -0.39 is 12.1 Å². The molecule has 3 aliphatic rings. The first-order valence-electron chi connectivity index (χ1n) is 14.0. The van der Waals surface area contributed by atoms with Gasteiger partial charge in [0.2, 0.25) is 12.7 Å². The van der Waals surface area contributed by atoms with E-state index in [1.54, 1.807) is 0 Å². The van der Waals surface area contributed by atoms with Gasteiger partial charge in [-0.3, -0.25) is 4.79 Å². The summed E-state index contributed by atoms with van der Waals surface area (Å²) in [5.41, 5.74) is 2.60. The molecule has 1 spiro atoms. The number of amides is 1. The third-order valence-electron chi connectivity index (χ3n) is 7.81. The van der Waals surface area contributed by atoms with Gasteiger partial charge in [-0.25, -0.2) is 4.98 Å². The molecule has 1 amide bonds. The molecule has 0 unspecified atom stereocenters. The van der Waals surface area contributed by atoms with E-state index in [9.17, 15) is 9.90 Å². The number of nitrogens with one attached hydrogen (secondary N) is 2. The van der Waals surface area contributed by atoms with Crippen LogP contribution in [0.15, 0.2) is 24.3 Å². The molecule has 9 nitrogen and oxygen atoms in total. The minimum absolute atomic E-state index is 0.0523. The Labute approximate surface area is 240 Å². The maximum Gasteiger partial charge on any atom is 0.246 e. The molecule has 218 valence electrons. The number of ether oxygens (including phenoxy) is 4. The van der Waals surface area contributed by atoms with Gasteiger partial charge >= 0.3 is 0 Å². The lowest BCUT2D eigenvalue weighted by Crippen LogP contribution is -2.52. The molecular formula is C30H40ClN3O6. The van der Waals surface area contributed by atoms with E-state index >= 15 is 0 Å². The first-order chi connectivity index (χ1) is 19.0. The number of aliphatic hydroxyl groups is 1. The summed E-state index contributed by atoms with van der Waals surface area (Å²) in [6.07, 6.45) is 4.14. The van der Waals surface area contributed by atoms with Crippen molar-refractivity contribution in [3.05, 3.63) is 46.2 Å². The fraction of sp³-hybridized carbons (Fsp3) is 0.600. The molecule has 1 aromatic carbocycles. The lowest BCUT2D eigenvalue weighted by Gasteiger charge is -2.48. The Hall–Kier alpha value is -2.59. The van der Waals surface area contributed by atoms with Crippen LogP contribution in [-0.2, 0) is 22.4 Å². The number of rotatable bonds is 10. The molecule has 2 aliphatic heterocycles. The maximum absolute atomic E-state index is 12.5. The Morgan fingerprint density at radius 2 is 2.02 bits per heavy atom. The molecule has 5 rings (SSSR count). The van der Waals surface area contributed by atoms with E-state index in [1.165, 1.54) is 7.11 Å². The molecule has 1 aromatic heterocycles. The molecule has 1 fully saturated rings.